The summed E-state index contributed by atoms with van der Waals surface area (Å²) in [5.41, 5.74) is -0.268. The molecule has 18 heavy (non-hydrogen) atoms. The number of halogens is 2. The van der Waals surface area contributed by atoms with Crippen LogP contribution in [-0.4, -0.2) is 16.7 Å². The van der Waals surface area contributed by atoms with Crippen molar-refractivity contribution < 1.29 is 9.72 Å². The van der Waals surface area contributed by atoms with Crippen molar-refractivity contribution >= 4 is 44.8 Å². The maximum absolute atomic E-state index is 11.9. The smallest absolute Gasteiger partial charge is 0.283 e. The topological polar surface area (TPSA) is 72.2 Å². The Bertz CT molecular complexity index is 491. The number of benzene rings is 1. The Labute approximate surface area is 118 Å². The van der Waals surface area contributed by atoms with Crippen LogP contribution in [0.3, 0.4) is 0 Å². The first-order valence-electron chi connectivity index (χ1n) is 5.09. The average Bonchev–Trinajstić information content (AvgIpc) is 2.28. The molecule has 5 nitrogen and oxygen atoms in total. The molecule has 0 radical (unpaired) electrons. The molecule has 1 amide bonds. The average molecular weight is 336 g/mol. The van der Waals surface area contributed by atoms with E-state index in [1.165, 1.54) is 18.2 Å². The molecule has 1 aromatic carbocycles. The van der Waals surface area contributed by atoms with Crippen LogP contribution < -0.4 is 5.32 Å². The quantitative estimate of drug-likeness (QED) is 0.519. The fourth-order valence-electron chi connectivity index (χ4n) is 1.09. The lowest BCUT2D eigenvalue weighted by Crippen LogP contribution is -2.32. The van der Waals surface area contributed by atoms with Gasteiger partial charge in [-0.3, -0.25) is 14.9 Å². The molecule has 7 heteroatoms. The molecular formula is C11H12BrClN2O3. The van der Waals surface area contributed by atoms with Crippen molar-refractivity contribution in [1.29, 1.82) is 0 Å². The lowest BCUT2D eigenvalue weighted by atomic mass is 9.95. The van der Waals surface area contributed by atoms with Crippen molar-refractivity contribution in [3.63, 3.8) is 0 Å². The highest BCUT2D eigenvalue weighted by Gasteiger charge is 2.26. The van der Waals surface area contributed by atoms with Crippen LogP contribution in [0.5, 0.6) is 0 Å². The summed E-state index contributed by atoms with van der Waals surface area (Å²) in [5, 5.41) is 13.3. The van der Waals surface area contributed by atoms with Crippen LogP contribution >= 0.6 is 27.5 Å². The van der Waals surface area contributed by atoms with Crippen molar-refractivity contribution in [2.45, 2.75) is 13.8 Å². The van der Waals surface area contributed by atoms with Gasteiger partial charge in [0.15, 0.2) is 0 Å². The highest BCUT2D eigenvalue weighted by atomic mass is 79.9. The third-order valence-corrected chi connectivity index (χ3v) is 3.65. The summed E-state index contributed by atoms with van der Waals surface area (Å²) in [6, 6.07) is 4.29. The third-order valence-electron chi connectivity index (χ3n) is 2.35. The van der Waals surface area contributed by atoms with E-state index in [0.29, 0.717) is 10.2 Å². The van der Waals surface area contributed by atoms with Gasteiger partial charge in [0, 0.05) is 17.6 Å². The number of hydrogen-bond acceptors (Lipinski definition) is 3. The minimum Gasteiger partial charge on any atom is -0.326 e. The first kappa shape index (κ1) is 14.9. The zero-order chi connectivity index (χ0) is 13.9. The molecule has 0 unspecified atom stereocenters. The molecule has 0 atom stereocenters. The molecule has 0 aromatic heterocycles. The van der Waals surface area contributed by atoms with Crippen LogP contribution in [0.1, 0.15) is 13.8 Å². The minimum absolute atomic E-state index is 0.0513. The van der Waals surface area contributed by atoms with Crippen LogP contribution in [0.4, 0.5) is 11.4 Å². The van der Waals surface area contributed by atoms with E-state index in [1.807, 2.05) is 0 Å². The van der Waals surface area contributed by atoms with E-state index in [4.69, 9.17) is 11.6 Å². The normalized spacial score (nSPS) is 11.1. The summed E-state index contributed by atoms with van der Waals surface area (Å²) < 4.78 is 0.314. The number of alkyl halides is 1. The van der Waals surface area contributed by atoms with Gasteiger partial charge in [0.25, 0.3) is 5.69 Å². The second kappa shape index (κ2) is 5.67. The van der Waals surface area contributed by atoms with Crippen LogP contribution in [0.25, 0.3) is 0 Å². The number of anilines is 1. The van der Waals surface area contributed by atoms with E-state index in [0.717, 1.165) is 0 Å². The van der Waals surface area contributed by atoms with Crippen LogP contribution in [0, 0.1) is 15.5 Å². The minimum atomic E-state index is -0.699. The predicted molar refractivity (Wildman–Crippen MR) is 73.9 cm³/mol. The van der Waals surface area contributed by atoms with Gasteiger partial charge in [-0.25, -0.2) is 0 Å². The largest absolute Gasteiger partial charge is 0.326 e. The number of rotatable bonds is 4. The number of nitro groups is 1. The van der Waals surface area contributed by atoms with Gasteiger partial charge >= 0.3 is 0 Å². The summed E-state index contributed by atoms with van der Waals surface area (Å²) in [7, 11) is 0. The van der Waals surface area contributed by atoms with Crippen LogP contribution in [-0.2, 0) is 4.79 Å². The van der Waals surface area contributed by atoms with E-state index < -0.39 is 10.3 Å². The van der Waals surface area contributed by atoms with E-state index in [9.17, 15) is 14.9 Å². The molecule has 0 saturated heterocycles. The molecule has 1 aromatic rings. The number of carbonyl (C=O) groups is 1. The molecule has 0 aliphatic carbocycles. The van der Waals surface area contributed by atoms with Gasteiger partial charge in [-0.2, -0.15) is 0 Å². The van der Waals surface area contributed by atoms with Crippen LogP contribution in [0.15, 0.2) is 22.7 Å². The molecule has 0 aliphatic rings. The number of hydrogen-bond donors (Lipinski definition) is 1. The second-order valence-electron chi connectivity index (χ2n) is 4.39. The molecule has 98 valence electrons. The third kappa shape index (κ3) is 3.43. The molecule has 1 N–H and O–H groups in total. The monoisotopic (exact) mass is 334 g/mol. The molecule has 0 aliphatic heterocycles. The summed E-state index contributed by atoms with van der Waals surface area (Å²) >= 11 is 8.78. The zero-order valence-corrected chi connectivity index (χ0v) is 12.2. The van der Waals surface area contributed by atoms with Gasteiger partial charge in [0.05, 0.1) is 14.8 Å². The maximum atomic E-state index is 11.9. The van der Waals surface area contributed by atoms with Gasteiger partial charge < -0.3 is 5.32 Å². The summed E-state index contributed by atoms with van der Waals surface area (Å²) in [6.45, 7) is 3.44. The Kier molecular flexibility index (Phi) is 4.70. The van der Waals surface area contributed by atoms with E-state index in [2.05, 4.69) is 21.2 Å². The summed E-state index contributed by atoms with van der Waals surface area (Å²) in [5.74, 6) is -0.0502. The molecule has 0 saturated carbocycles. The first-order chi connectivity index (χ1) is 8.27. The Morgan fingerprint density at radius 3 is 2.61 bits per heavy atom. The highest BCUT2D eigenvalue weighted by Crippen LogP contribution is 2.28. The van der Waals surface area contributed by atoms with Crippen molar-refractivity contribution in [3.05, 3.63) is 32.8 Å². The Hall–Kier alpha value is -1.14. The molecule has 0 heterocycles. The van der Waals surface area contributed by atoms with Gasteiger partial charge in [-0.1, -0.05) is 0 Å². The van der Waals surface area contributed by atoms with Crippen molar-refractivity contribution in [1.82, 2.24) is 0 Å². The van der Waals surface area contributed by atoms with Crippen molar-refractivity contribution in [2.75, 3.05) is 11.2 Å². The SMILES string of the molecule is CC(C)(CCl)C(=O)Nc1ccc([N+](=O)[O-])c(Br)c1. The van der Waals surface area contributed by atoms with E-state index in [1.54, 1.807) is 13.8 Å². The number of nitrogens with zero attached hydrogens (tertiary/aromatic N) is 1. The first-order valence-corrected chi connectivity index (χ1v) is 6.42. The van der Waals surface area contributed by atoms with E-state index >= 15 is 0 Å². The van der Waals surface area contributed by atoms with Gasteiger partial charge in [-0.05, 0) is 41.9 Å². The Morgan fingerprint density at radius 1 is 1.56 bits per heavy atom. The van der Waals surface area contributed by atoms with Gasteiger partial charge in [0.2, 0.25) is 5.91 Å². The molecule has 0 spiro atoms. The Morgan fingerprint density at radius 2 is 2.17 bits per heavy atom. The Balaban J connectivity index is 2.91. The highest BCUT2D eigenvalue weighted by molar-refractivity contribution is 9.10. The lowest BCUT2D eigenvalue weighted by molar-refractivity contribution is -0.385. The molecule has 1 rings (SSSR count). The number of carbonyl (C=O) groups excluding carboxylic acids is 1. The number of amides is 1. The summed E-state index contributed by atoms with van der Waals surface area (Å²) in [6.07, 6.45) is 0. The number of nitrogens with one attached hydrogen (secondary N) is 1. The molecule has 0 fully saturated rings. The zero-order valence-electron chi connectivity index (χ0n) is 9.87. The molecule has 0 bridgehead atoms. The standard InChI is InChI=1S/C11H12BrClN2O3/c1-11(2,6-13)10(16)14-7-3-4-9(15(17)18)8(12)5-7/h3-5H,6H2,1-2H3,(H,14,16). The lowest BCUT2D eigenvalue weighted by Gasteiger charge is -2.20. The van der Waals surface area contributed by atoms with Gasteiger partial charge in [-0.15, -0.1) is 11.6 Å². The fraction of sp³-hybridized carbons (Fsp3) is 0.364. The predicted octanol–water partition coefficient (Wildman–Crippen LogP) is 3.56. The summed E-state index contributed by atoms with van der Waals surface area (Å²) in [4.78, 5) is 22.0. The van der Waals surface area contributed by atoms with Crippen molar-refractivity contribution in [2.24, 2.45) is 5.41 Å². The van der Waals surface area contributed by atoms with Gasteiger partial charge in [0.1, 0.15) is 0 Å². The number of nitro benzene ring substituents is 1. The van der Waals surface area contributed by atoms with E-state index in [-0.39, 0.29) is 17.5 Å². The maximum Gasteiger partial charge on any atom is 0.283 e. The molecular weight excluding hydrogens is 323 g/mol. The fourth-order valence-corrected chi connectivity index (χ4v) is 1.74. The van der Waals surface area contributed by atoms with Crippen LogP contribution in [0.2, 0.25) is 0 Å². The second-order valence-corrected chi connectivity index (χ2v) is 5.52. The van der Waals surface area contributed by atoms with Crippen molar-refractivity contribution in [3.8, 4) is 0 Å².